The summed E-state index contributed by atoms with van der Waals surface area (Å²) in [5.41, 5.74) is 2.56. The van der Waals surface area contributed by atoms with Crippen molar-refractivity contribution >= 4 is 27.2 Å². The third-order valence-corrected chi connectivity index (χ3v) is 6.52. The Kier molecular flexibility index (Phi) is 6.76. The first-order chi connectivity index (χ1) is 15.3. The molecular weight excluding hydrogens is 434 g/mol. The SMILES string of the molecule is COc1ccc(S(=O)(=O)N(C)c2cccc(/C(=C\C(=O)NO)c3cccc[n+]3[O-])c2)cc1. The van der Waals surface area contributed by atoms with Gasteiger partial charge in [-0.25, -0.2) is 13.9 Å². The van der Waals surface area contributed by atoms with Crippen LogP contribution in [-0.2, 0) is 14.8 Å². The van der Waals surface area contributed by atoms with Crippen LogP contribution >= 0.6 is 0 Å². The van der Waals surface area contributed by atoms with Gasteiger partial charge in [0.1, 0.15) is 5.75 Å². The number of benzene rings is 2. The van der Waals surface area contributed by atoms with Crippen LogP contribution in [-0.4, -0.2) is 33.7 Å². The number of amides is 1. The molecule has 0 aliphatic rings. The second-order valence-corrected chi connectivity index (χ2v) is 8.61. The molecule has 0 saturated heterocycles. The zero-order chi connectivity index (χ0) is 23.3. The summed E-state index contributed by atoms with van der Waals surface area (Å²) in [4.78, 5) is 11.9. The number of hydroxylamine groups is 1. The number of hydrogen-bond acceptors (Lipinski definition) is 6. The van der Waals surface area contributed by atoms with Gasteiger partial charge in [-0.15, -0.1) is 0 Å². The Hall–Kier alpha value is -3.89. The van der Waals surface area contributed by atoms with Crippen molar-refractivity contribution in [3.8, 4) is 5.75 Å². The molecule has 10 heteroatoms. The van der Waals surface area contributed by atoms with Gasteiger partial charge in [-0.1, -0.05) is 12.1 Å². The van der Waals surface area contributed by atoms with Gasteiger partial charge in [0.25, 0.3) is 15.9 Å². The first-order valence-corrected chi connectivity index (χ1v) is 10.8. The van der Waals surface area contributed by atoms with E-state index in [1.807, 2.05) is 0 Å². The van der Waals surface area contributed by atoms with E-state index >= 15 is 0 Å². The van der Waals surface area contributed by atoms with Crippen LogP contribution in [0.3, 0.4) is 0 Å². The molecule has 1 aromatic heterocycles. The lowest BCUT2D eigenvalue weighted by Gasteiger charge is -2.20. The number of rotatable bonds is 7. The number of nitrogens with one attached hydrogen (secondary N) is 1. The zero-order valence-electron chi connectivity index (χ0n) is 17.3. The minimum absolute atomic E-state index is 0.0714. The van der Waals surface area contributed by atoms with Gasteiger partial charge in [0, 0.05) is 25.3 Å². The van der Waals surface area contributed by atoms with Crippen molar-refractivity contribution in [3.63, 3.8) is 0 Å². The van der Waals surface area contributed by atoms with Crippen LogP contribution in [0, 0.1) is 5.21 Å². The molecule has 2 aromatic carbocycles. The van der Waals surface area contributed by atoms with Gasteiger partial charge in [-0.05, 0) is 48.0 Å². The second-order valence-electron chi connectivity index (χ2n) is 6.64. The molecule has 0 atom stereocenters. The van der Waals surface area contributed by atoms with Gasteiger partial charge >= 0.3 is 0 Å². The summed E-state index contributed by atoms with van der Waals surface area (Å²) in [6, 6.07) is 17.0. The number of anilines is 1. The molecule has 1 amide bonds. The lowest BCUT2D eigenvalue weighted by atomic mass is 10.0. The number of hydrogen-bond donors (Lipinski definition) is 2. The van der Waals surface area contributed by atoms with Crippen LogP contribution in [0.1, 0.15) is 11.3 Å². The zero-order valence-corrected chi connectivity index (χ0v) is 18.1. The highest BCUT2D eigenvalue weighted by Crippen LogP contribution is 2.28. The van der Waals surface area contributed by atoms with Gasteiger partial charge in [-0.2, -0.15) is 4.73 Å². The Morgan fingerprint density at radius 3 is 2.47 bits per heavy atom. The summed E-state index contributed by atoms with van der Waals surface area (Å²) >= 11 is 0. The second kappa shape index (κ2) is 9.50. The Labute approximate surface area is 185 Å². The van der Waals surface area contributed by atoms with E-state index in [9.17, 15) is 18.4 Å². The highest BCUT2D eigenvalue weighted by atomic mass is 32.2. The van der Waals surface area contributed by atoms with Crippen molar-refractivity contribution in [1.29, 1.82) is 0 Å². The molecule has 0 unspecified atom stereocenters. The van der Waals surface area contributed by atoms with E-state index in [2.05, 4.69) is 0 Å². The minimum atomic E-state index is -3.89. The van der Waals surface area contributed by atoms with Crippen LogP contribution in [0.15, 0.2) is 83.9 Å². The van der Waals surface area contributed by atoms with E-state index in [-0.39, 0.29) is 16.2 Å². The Morgan fingerprint density at radius 1 is 1.12 bits per heavy atom. The van der Waals surface area contributed by atoms with E-state index in [4.69, 9.17) is 9.94 Å². The Morgan fingerprint density at radius 2 is 1.84 bits per heavy atom. The predicted octanol–water partition coefficient (Wildman–Crippen LogP) is 2.09. The first-order valence-electron chi connectivity index (χ1n) is 9.35. The molecule has 1 heterocycles. The molecule has 3 rings (SSSR count). The number of ether oxygens (including phenoxy) is 1. The quantitative estimate of drug-likeness (QED) is 0.185. The van der Waals surface area contributed by atoms with Crippen molar-refractivity contribution in [2.24, 2.45) is 0 Å². The van der Waals surface area contributed by atoms with Gasteiger partial charge in [0.15, 0.2) is 6.20 Å². The molecule has 166 valence electrons. The van der Waals surface area contributed by atoms with E-state index in [1.165, 1.54) is 56.2 Å². The van der Waals surface area contributed by atoms with Crippen LogP contribution in [0.25, 0.3) is 5.57 Å². The van der Waals surface area contributed by atoms with Crippen LogP contribution in [0.2, 0.25) is 0 Å². The lowest BCUT2D eigenvalue weighted by Crippen LogP contribution is -2.31. The number of nitrogens with zero attached hydrogens (tertiary/aromatic N) is 2. The molecule has 32 heavy (non-hydrogen) atoms. The van der Waals surface area contributed by atoms with Crippen LogP contribution in [0.5, 0.6) is 5.75 Å². The maximum Gasteiger partial charge on any atom is 0.268 e. The van der Waals surface area contributed by atoms with Crippen molar-refractivity contribution in [3.05, 3.63) is 95.5 Å². The molecular formula is C22H21N3O6S. The van der Waals surface area contributed by atoms with E-state index in [1.54, 1.807) is 36.4 Å². The minimum Gasteiger partial charge on any atom is -0.618 e. The number of carbonyl (C=O) groups is 1. The molecule has 2 N–H and O–H groups in total. The fourth-order valence-corrected chi connectivity index (χ4v) is 4.21. The Bertz CT molecular complexity index is 1260. The standard InChI is InChI=1S/C22H21N3O6S/c1-24(32(29,30)19-11-9-18(31-2)10-12-19)17-7-5-6-16(14-17)20(15-22(26)23-27)21-8-3-4-13-25(21)28/h3-15,27H,1-2H3,(H,23,26)/b20-15+. The van der Waals surface area contributed by atoms with Crippen LogP contribution < -0.4 is 19.3 Å². The summed E-state index contributed by atoms with van der Waals surface area (Å²) in [5, 5.41) is 21.2. The molecule has 0 radical (unpaired) electrons. The maximum absolute atomic E-state index is 13.1. The largest absolute Gasteiger partial charge is 0.618 e. The third kappa shape index (κ3) is 4.71. The average molecular weight is 455 g/mol. The fourth-order valence-electron chi connectivity index (χ4n) is 3.02. The fraction of sp³-hybridized carbons (Fsp3) is 0.0909. The number of methoxy groups -OCH3 is 1. The van der Waals surface area contributed by atoms with Gasteiger partial charge in [0.2, 0.25) is 5.69 Å². The van der Waals surface area contributed by atoms with Crippen molar-refractivity contribution < 1.29 is 27.9 Å². The topological polar surface area (TPSA) is 123 Å². The van der Waals surface area contributed by atoms with E-state index < -0.39 is 15.9 Å². The molecule has 0 saturated carbocycles. The molecule has 0 bridgehead atoms. The van der Waals surface area contributed by atoms with Gasteiger partial charge < -0.3 is 9.94 Å². The van der Waals surface area contributed by atoms with E-state index in [0.717, 1.165) is 10.4 Å². The summed E-state index contributed by atoms with van der Waals surface area (Å²) in [7, 11) is -0.999. The van der Waals surface area contributed by atoms with Gasteiger partial charge in [0.05, 0.1) is 23.3 Å². The maximum atomic E-state index is 13.1. The monoisotopic (exact) mass is 455 g/mol. The number of sulfonamides is 1. The summed E-state index contributed by atoms with van der Waals surface area (Å²) < 4.78 is 32.9. The highest BCUT2D eigenvalue weighted by molar-refractivity contribution is 7.92. The Balaban J connectivity index is 2.06. The smallest absolute Gasteiger partial charge is 0.268 e. The first kappa shape index (κ1) is 22.8. The molecule has 3 aromatic rings. The summed E-state index contributed by atoms with van der Waals surface area (Å²) in [6.45, 7) is 0. The van der Waals surface area contributed by atoms with Crippen molar-refractivity contribution in [2.75, 3.05) is 18.5 Å². The number of pyridine rings is 1. The molecule has 0 aliphatic heterocycles. The average Bonchev–Trinajstić information content (AvgIpc) is 2.82. The predicted molar refractivity (Wildman–Crippen MR) is 117 cm³/mol. The third-order valence-electron chi connectivity index (χ3n) is 4.72. The van der Waals surface area contributed by atoms with Crippen molar-refractivity contribution in [1.82, 2.24) is 5.48 Å². The van der Waals surface area contributed by atoms with Crippen molar-refractivity contribution in [2.45, 2.75) is 4.90 Å². The number of aromatic nitrogens is 1. The van der Waals surface area contributed by atoms with Gasteiger partial charge in [-0.3, -0.25) is 14.3 Å². The normalized spacial score (nSPS) is 11.7. The summed E-state index contributed by atoms with van der Waals surface area (Å²) in [6.07, 6.45) is 2.32. The molecule has 0 fully saturated rings. The molecule has 0 spiro atoms. The van der Waals surface area contributed by atoms with Crippen LogP contribution in [0.4, 0.5) is 5.69 Å². The molecule has 0 aliphatic carbocycles. The van der Waals surface area contributed by atoms with E-state index in [0.29, 0.717) is 21.7 Å². The highest BCUT2D eigenvalue weighted by Gasteiger charge is 2.23. The number of carbonyl (C=O) groups excluding carboxylic acids is 1. The molecule has 9 nitrogen and oxygen atoms in total. The lowest BCUT2D eigenvalue weighted by molar-refractivity contribution is -0.607. The summed E-state index contributed by atoms with van der Waals surface area (Å²) in [5.74, 6) is -0.312.